The largest absolute Gasteiger partial charge is 0.478 e. The van der Waals surface area contributed by atoms with Gasteiger partial charge in [0.05, 0.1) is 13.2 Å². The molecule has 0 spiro atoms. The first-order valence-corrected chi connectivity index (χ1v) is 10.8. The molecule has 0 amide bonds. The van der Waals surface area contributed by atoms with Crippen molar-refractivity contribution in [1.29, 1.82) is 0 Å². The van der Waals surface area contributed by atoms with E-state index in [1.807, 2.05) is 24.4 Å². The third kappa shape index (κ3) is 8.16. The molecule has 0 aliphatic carbocycles. The molecule has 1 aliphatic heterocycles. The number of piperidine rings is 1. The highest BCUT2D eigenvalue weighted by Crippen LogP contribution is 2.20. The molecule has 1 aromatic heterocycles. The summed E-state index contributed by atoms with van der Waals surface area (Å²) in [7, 11) is 0. The Morgan fingerprint density at radius 3 is 2.68 bits per heavy atom. The second-order valence-corrected chi connectivity index (χ2v) is 7.43. The van der Waals surface area contributed by atoms with Crippen LogP contribution in [0.1, 0.15) is 38.7 Å². The van der Waals surface area contributed by atoms with Crippen molar-refractivity contribution in [3.05, 3.63) is 54.0 Å². The number of halogens is 2. The average Bonchev–Trinajstić information content (AvgIpc) is 2.77. The first-order valence-electron chi connectivity index (χ1n) is 10.8. The molecule has 2 heterocycles. The lowest BCUT2D eigenvalue weighted by Gasteiger charge is -2.34. The molecule has 6 nitrogen and oxygen atoms in total. The first kappa shape index (κ1) is 25.2. The molecule has 170 valence electrons. The van der Waals surface area contributed by atoms with E-state index in [9.17, 15) is 4.39 Å². The van der Waals surface area contributed by atoms with E-state index in [1.54, 1.807) is 12.1 Å². The van der Waals surface area contributed by atoms with Crippen molar-refractivity contribution in [2.45, 2.75) is 45.7 Å². The third-order valence-corrected chi connectivity index (χ3v) is 5.02. The Kier molecular flexibility index (Phi) is 10.8. The Morgan fingerprint density at radius 1 is 1.23 bits per heavy atom. The van der Waals surface area contributed by atoms with Crippen molar-refractivity contribution >= 4 is 35.6 Å². The van der Waals surface area contributed by atoms with Gasteiger partial charge in [-0.05, 0) is 49.9 Å². The van der Waals surface area contributed by atoms with Crippen LogP contribution in [0.2, 0.25) is 0 Å². The van der Waals surface area contributed by atoms with Crippen molar-refractivity contribution in [2.24, 2.45) is 4.99 Å². The van der Waals surface area contributed by atoms with Gasteiger partial charge in [0.2, 0.25) is 5.88 Å². The number of hydrogen-bond acceptors (Lipinski definition) is 4. The van der Waals surface area contributed by atoms with Gasteiger partial charge < -0.3 is 20.3 Å². The lowest BCUT2D eigenvalue weighted by molar-refractivity contribution is 0.305. The quantitative estimate of drug-likeness (QED) is 0.296. The van der Waals surface area contributed by atoms with Crippen molar-refractivity contribution in [2.75, 3.05) is 31.1 Å². The van der Waals surface area contributed by atoms with E-state index >= 15 is 0 Å². The van der Waals surface area contributed by atoms with Crippen molar-refractivity contribution < 1.29 is 9.13 Å². The molecule has 1 aliphatic rings. The summed E-state index contributed by atoms with van der Waals surface area (Å²) < 4.78 is 19.0. The molecule has 1 saturated heterocycles. The number of rotatable bonds is 8. The predicted molar refractivity (Wildman–Crippen MR) is 135 cm³/mol. The number of nitrogens with one attached hydrogen (secondary N) is 2. The van der Waals surface area contributed by atoms with E-state index in [-0.39, 0.29) is 29.8 Å². The van der Waals surface area contributed by atoms with Crippen LogP contribution >= 0.6 is 24.0 Å². The number of pyridine rings is 1. The van der Waals surface area contributed by atoms with Gasteiger partial charge in [0, 0.05) is 43.6 Å². The average molecular weight is 541 g/mol. The van der Waals surface area contributed by atoms with Crippen LogP contribution in [0.4, 0.5) is 10.1 Å². The molecule has 0 atom stereocenters. The summed E-state index contributed by atoms with van der Waals surface area (Å²) in [5, 5.41) is 6.86. The Balaban J connectivity index is 0.00000341. The van der Waals surface area contributed by atoms with Gasteiger partial charge in [-0.15, -0.1) is 24.0 Å². The van der Waals surface area contributed by atoms with Gasteiger partial charge in [0.1, 0.15) is 5.82 Å². The van der Waals surface area contributed by atoms with Gasteiger partial charge in [0.25, 0.3) is 0 Å². The smallest absolute Gasteiger partial charge is 0.213 e. The fourth-order valence-electron chi connectivity index (χ4n) is 3.44. The summed E-state index contributed by atoms with van der Waals surface area (Å²) in [5.74, 6) is 1.28. The summed E-state index contributed by atoms with van der Waals surface area (Å²) in [6.07, 6.45) is 4.74. The zero-order chi connectivity index (χ0) is 21.2. The molecule has 0 radical (unpaired) electrons. The van der Waals surface area contributed by atoms with E-state index in [1.165, 1.54) is 6.07 Å². The highest BCUT2D eigenvalue weighted by Gasteiger charge is 2.20. The molecule has 2 aromatic rings. The van der Waals surface area contributed by atoms with Crippen LogP contribution in [0.5, 0.6) is 5.88 Å². The van der Waals surface area contributed by atoms with Crippen LogP contribution in [-0.4, -0.2) is 43.2 Å². The van der Waals surface area contributed by atoms with E-state index in [4.69, 9.17) is 9.73 Å². The normalized spacial score (nSPS) is 14.7. The van der Waals surface area contributed by atoms with Crippen LogP contribution in [-0.2, 0) is 6.54 Å². The number of ether oxygens (including phenoxy) is 1. The van der Waals surface area contributed by atoms with Gasteiger partial charge in [-0.1, -0.05) is 19.1 Å². The van der Waals surface area contributed by atoms with Gasteiger partial charge >= 0.3 is 0 Å². The third-order valence-electron chi connectivity index (χ3n) is 5.02. The van der Waals surface area contributed by atoms with E-state index in [2.05, 4.69) is 34.4 Å². The summed E-state index contributed by atoms with van der Waals surface area (Å²) in [4.78, 5) is 11.3. The SMILES string of the molecule is CCCOc1ccc(CN=C(NCC)NC2CCN(c3cccc(F)c3)CC2)cn1.I. The zero-order valence-corrected chi connectivity index (χ0v) is 20.6. The second-order valence-electron chi connectivity index (χ2n) is 7.43. The Morgan fingerprint density at radius 2 is 2.03 bits per heavy atom. The highest BCUT2D eigenvalue weighted by atomic mass is 127. The molecular formula is C23H33FIN5O. The van der Waals surface area contributed by atoms with Crippen LogP contribution < -0.4 is 20.3 Å². The first-order chi connectivity index (χ1) is 14.7. The van der Waals surface area contributed by atoms with Crippen molar-refractivity contribution in [3.63, 3.8) is 0 Å². The van der Waals surface area contributed by atoms with Gasteiger partial charge in [-0.25, -0.2) is 14.4 Å². The highest BCUT2D eigenvalue weighted by molar-refractivity contribution is 14.0. The number of benzene rings is 1. The minimum Gasteiger partial charge on any atom is -0.478 e. The predicted octanol–water partition coefficient (Wildman–Crippen LogP) is 4.35. The molecule has 1 aromatic carbocycles. The molecular weight excluding hydrogens is 508 g/mol. The number of hydrogen-bond donors (Lipinski definition) is 2. The maximum absolute atomic E-state index is 13.5. The van der Waals surface area contributed by atoms with E-state index < -0.39 is 0 Å². The zero-order valence-electron chi connectivity index (χ0n) is 18.3. The molecule has 2 N–H and O–H groups in total. The second kappa shape index (κ2) is 13.3. The van der Waals surface area contributed by atoms with Crippen LogP contribution in [0.15, 0.2) is 47.6 Å². The molecule has 31 heavy (non-hydrogen) atoms. The number of guanidine groups is 1. The summed E-state index contributed by atoms with van der Waals surface area (Å²) in [5.41, 5.74) is 1.99. The maximum Gasteiger partial charge on any atom is 0.213 e. The van der Waals surface area contributed by atoms with Crippen LogP contribution in [0.25, 0.3) is 0 Å². The molecule has 0 unspecified atom stereocenters. The fraction of sp³-hybridized carbons (Fsp3) is 0.478. The van der Waals surface area contributed by atoms with Crippen molar-refractivity contribution in [1.82, 2.24) is 15.6 Å². The molecule has 0 saturated carbocycles. The Labute approximate surface area is 201 Å². The molecule has 0 bridgehead atoms. The van der Waals surface area contributed by atoms with Gasteiger partial charge in [0.15, 0.2) is 5.96 Å². The summed E-state index contributed by atoms with van der Waals surface area (Å²) in [6, 6.07) is 11.1. The molecule has 1 fully saturated rings. The van der Waals surface area contributed by atoms with Gasteiger partial charge in [-0.3, -0.25) is 0 Å². The van der Waals surface area contributed by atoms with Crippen LogP contribution in [0, 0.1) is 5.82 Å². The monoisotopic (exact) mass is 541 g/mol. The number of aromatic nitrogens is 1. The maximum atomic E-state index is 13.5. The molecule has 3 rings (SSSR count). The van der Waals surface area contributed by atoms with E-state index in [0.29, 0.717) is 25.1 Å². The minimum absolute atomic E-state index is 0. The minimum atomic E-state index is -0.186. The van der Waals surface area contributed by atoms with Crippen LogP contribution in [0.3, 0.4) is 0 Å². The van der Waals surface area contributed by atoms with Gasteiger partial charge in [-0.2, -0.15) is 0 Å². The Bertz CT molecular complexity index is 810. The molecule has 8 heteroatoms. The summed E-state index contributed by atoms with van der Waals surface area (Å²) in [6.45, 7) is 7.95. The topological polar surface area (TPSA) is 61.8 Å². The number of nitrogens with zero attached hydrogens (tertiary/aromatic N) is 3. The number of aliphatic imine (C=N–C) groups is 1. The van der Waals surface area contributed by atoms with Crippen molar-refractivity contribution in [3.8, 4) is 5.88 Å². The summed E-state index contributed by atoms with van der Waals surface area (Å²) >= 11 is 0. The fourth-order valence-corrected chi connectivity index (χ4v) is 3.44. The lowest BCUT2D eigenvalue weighted by Crippen LogP contribution is -2.48. The standard InChI is InChI=1S/C23H32FN5O.HI/c1-3-14-30-22-9-8-18(16-26-22)17-27-23(25-4-2)28-20-10-12-29(13-11-20)21-7-5-6-19(24)15-21;/h5-9,15-16,20H,3-4,10-14,17H2,1-2H3,(H2,25,27,28);1H. The Hall–Kier alpha value is -2.10. The number of anilines is 1. The van der Waals surface area contributed by atoms with E-state index in [0.717, 1.165) is 56.1 Å². The lowest BCUT2D eigenvalue weighted by atomic mass is 10.0.